The molecule has 2 rings (SSSR count). The third-order valence-corrected chi connectivity index (χ3v) is 2.40. The minimum atomic E-state index is 0.479. The smallest absolute Gasteiger partial charge is 0.133 e. The molecular formula is C13H13ClN2O. The molecule has 0 atom stereocenters. The second-order valence-corrected chi connectivity index (χ2v) is 4.05. The van der Waals surface area contributed by atoms with Crippen LogP contribution in [0.25, 0.3) is 0 Å². The molecule has 0 aliphatic carbocycles. The van der Waals surface area contributed by atoms with E-state index in [4.69, 9.17) is 16.3 Å². The van der Waals surface area contributed by atoms with Crippen molar-refractivity contribution in [2.24, 2.45) is 0 Å². The van der Waals surface area contributed by atoms with Crippen LogP contribution in [0.5, 0.6) is 5.75 Å². The predicted octanol–water partition coefficient (Wildman–Crippen LogP) is 3.06. The summed E-state index contributed by atoms with van der Waals surface area (Å²) in [6, 6.07) is 11.4. The Balaban J connectivity index is 1.90. The first-order valence-electron chi connectivity index (χ1n) is 5.42. The van der Waals surface area contributed by atoms with Gasteiger partial charge in [0.1, 0.15) is 16.7 Å². The van der Waals surface area contributed by atoms with Crippen molar-refractivity contribution >= 4 is 11.6 Å². The molecule has 4 heteroatoms. The van der Waals surface area contributed by atoms with Gasteiger partial charge in [-0.1, -0.05) is 29.8 Å². The third kappa shape index (κ3) is 3.71. The first-order chi connectivity index (χ1) is 8.24. The van der Waals surface area contributed by atoms with Gasteiger partial charge in [-0.05, 0) is 25.1 Å². The zero-order valence-electron chi connectivity index (χ0n) is 9.56. The maximum atomic E-state index is 5.85. The minimum absolute atomic E-state index is 0.479. The topological polar surface area (TPSA) is 35.0 Å². The maximum Gasteiger partial charge on any atom is 0.133 e. The highest BCUT2D eigenvalue weighted by atomic mass is 35.5. The Labute approximate surface area is 105 Å². The van der Waals surface area contributed by atoms with Crippen LogP contribution in [0.4, 0.5) is 0 Å². The van der Waals surface area contributed by atoms with Gasteiger partial charge in [0, 0.05) is 12.1 Å². The lowest BCUT2D eigenvalue weighted by Gasteiger charge is -2.05. The van der Waals surface area contributed by atoms with Gasteiger partial charge in [-0.2, -0.15) is 0 Å². The van der Waals surface area contributed by atoms with Gasteiger partial charge in [-0.3, -0.25) is 0 Å². The van der Waals surface area contributed by atoms with Crippen molar-refractivity contribution < 1.29 is 4.74 Å². The van der Waals surface area contributed by atoms with Crippen LogP contribution in [-0.2, 0) is 6.42 Å². The Morgan fingerprint density at radius 2 is 1.94 bits per heavy atom. The number of hydrogen-bond acceptors (Lipinski definition) is 3. The summed E-state index contributed by atoms with van der Waals surface area (Å²) in [5, 5.41) is 0.479. The molecule has 0 aliphatic rings. The van der Waals surface area contributed by atoms with Crippen molar-refractivity contribution in [3.05, 3.63) is 53.1 Å². The lowest BCUT2D eigenvalue weighted by Crippen LogP contribution is -2.05. The van der Waals surface area contributed by atoms with E-state index in [0.717, 1.165) is 11.4 Å². The van der Waals surface area contributed by atoms with Crippen LogP contribution >= 0.6 is 11.6 Å². The first kappa shape index (κ1) is 11.9. The summed E-state index contributed by atoms with van der Waals surface area (Å²) in [7, 11) is 0. The van der Waals surface area contributed by atoms with Crippen LogP contribution in [0.3, 0.4) is 0 Å². The number of rotatable bonds is 4. The fourth-order valence-corrected chi connectivity index (χ4v) is 1.73. The Morgan fingerprint density at radius 3 is 2.65 bits per heavy atom. The zero-order valence-corrected chi connectivity index (χ0v) is 10.3. The Bertz CT molecular complexity index is 468. The summed E-state index contributed by atoms with van der Waals surface area (Å²) in [6.45, 7) is 2.44. The average Bonchev–Trinajstić information content (AvgIpc) is 2.29. The standard InChI is InChI=1S/C13H13ClN2O/c1-10-9-12(14)16-13(15-10)7-8-17-11-5-3-2-4-6-11/h2-6,9H,7-8H2,1H3. The lowest BCUT2D eigenvalue weighted by atomic mass is 10.3. The number of aryl methyl sites for hydroxylation is 1. The Kier molecular flexibility index (Phi) is 3.94. The summed E-state index contributed by atoms with van der Waals surface area (Å²) in [4.78, 5) is 8.43. The molecule has 3 nitrogen and oxygen atoms in total. The summed E-state index contributed by atoms with van der Waals surface area (Å²) >= 11 is 5.85. The van der Waals surface area contributed by atoms with Gasteiger partial charge in [0.05, 0.1) is 6.61 Å². The number of ether oxygens (including phenoxy) is 1. The van der Waals surface area contributed by atoms with Crippen LogP contribution in [0, 0.1) is 6.92 Å². The second kappa shape index (κ2) is 5.64. The maximum absolute atomic E-state index is 5.85. The predicted molar refractivity (Wildman–Crippen MR) is 67.4 cm³/mol. The minimum Gasteiger partial charge on any atom is -0.493 e. The molecule has 17 heavy (non-hydrogen) atoms. The molecule has 0 bridgehead atoms. The van der Waals surface area contributed by atoms with Gasteiger partial charge in [0.2, 0.25) is 0 Å². The molecule has 1 aromatic heterocycles. The van der Waals surface area contributed by atoms with Crippen LogP contribution in [0.15, 0.2) is 36.4 Å². The van der Waals surface area contributed by atoms with Crippen molar-refractivity contribution in [3.8, 4) is 5.75 Å². The van der Waals surface area contributed by atoms with E-state index in [-0.39, 0.29) is 0 Å². The third-order valence-electron chi connectivity index (χ3n) is 2.21. The Morgan fingerprint density at radius 1 is 1.18 bits per heavy atom. The highest BCUT2D eigenvalue weighted by molar-refractivity contribution is 6.29. The highest BCUT2D eigenvalue weighted by Crippen LogP contribution is 2.10. The van der Waals surface area contributed by atoms with Crippen LogP contribution in [0.2, 0.25) is 5.15 Å². The van der Waals surface area contributed by atoms with Gasteiger partial charge < -0.3 is 4.74 Å². The average molecular weight is 249 g/mol. The van der Waals surface area contributed by atoms with Gasteiger partial charge >= 0.3 is 0 Å². The van der Waals surface area contributed by atoms with Crippen molar-refractivity contribution in [1.82, 2.24) is 9.97 Å². The first-order valence-corrected chi connectivity index (χ1v) is 5.80. The van der Waals surface area contributed by atoms with Gasteiger partial charge in [-0.25, -0.2) is 9.97 Å². The number of hydrogen-bond donors (Lipinski definition) is 0. The number of halogens is 1. The van der Waals surface area contributed by atoms with Crippen molar-refractivity contribution in [2.45, 2.75) is 13.3 Å². The Hall–Kier alpha value is -1.61. The second-order valence-electron chi connectivity index (χ2n) is 3.66. The molecule has 0 N–H and O–H groups in total. The van der Waals surface area contributed by atoms with Gasteiger partial charge in [0.25, 0.3) is 0 Å². The van der Waals surface area contributed by atoms with Crippen molar-refractivity contribution in [1.29, 1.82) is 0 Å². The molecule has 88 valence electrons. The van der Waals surface area contributed by atoms with E-state index >= 15 is 0 Å². The SMILES string of the molecule is Cc1cc(Cl)nc(CCOc2ccccc2)n1. The molecule has 2 aromatic rings. The van der Waals surface area contributed by atoms with Gasteiger partial charge in [0.15, 0.2) is 0 Å². The van der Waals surface area contributed by atoms with E-state index in [2.05, 4.69) is 9.97 Å². The van der Waals surface area contributed by atoms with E-state index < -0.39 is 0 Å². The fraction of sp³-hybridized carbons (Fsp3) is 0.231. The summed E-state index contributed by atoms with van der Waals surface area (Å²) in [5.41, 5.74) is 0.875. The number of benzene rings is 1. The van der Waals surface area contributed by atoms with Crippen LogP contribution in [0.1, 0.15) is 11.5 Å². The highest BCUT2D eigenvalue weighted by Gasteiger charge is 2.01. The largest absolute Gasteiger partial charge is 0.493 e. The molecule has 0 spiro atoms. The summed E-state index contributed by atoms with van der Waals surface area (Å²) in [6.07, 6.45) is 0.649. The molecule has 0 saturated heterocycles. The molecule has 0 aliphatic heterocycles. The van der Waals surface area contributed by atoms with Crippen LogP contribution in [-0.4, -0.2) is 16.6 Å². The lowest BCUT2D eigenvalue weighted by molar-refractivity contribution is 0.319. The monoisotopic (exact) mass is 248 g/mol. The quantitative estimate of drug-likeness (QED) is 0.780. The van der Waals surface area contributed by atoms with Crippen molar-refractivity contribution in [2.75, 3.05) is 6.61 Å². The molecular weight excluding hydrogens is 236 g/mol. The molecule has 0 unspecified atom stereocenters. The number of nitrogens with zero attached hydrogens (tertiary/aromatic N) is 2. The number of aromatic nitrogens is 2. The van der Waals surface area contributed by atoms with Crippen molar-refractivity contribution in [3.63, 3.8) is 0 Å². The van der Waals surface area contributed by atoms with Crippen LogP contribution < -0.4 is 4.74 Å². The normalized spacial score (nSPS) is 10.2. The molecule has 1 heterocycles. The molecule has 0 saturated carbocycles. The summed E-state index contributed by atoms with van der Waals surface area (Å²) in [5.74, 6) is 1.57. The fourth-order valence-electron chi connectivity index (χ4n) is 1.48. The number of para-hydroxylation sites is 1. The zero-order chi connectivity index (χ0) is 12.1. The van der Waals surface area contributed by atoms with E-state index in [0.29, 0.717) is 24.0 Å². The molecule has 1 aromatic carbocycles. The van der Waals surface area contributed by atoms with E-state index in [1.807, 2.05) is 37.3 Å². The van der Waals surface area contributed by atoms with E-state index in [1.165, 1.54) is 0 Å². The molecule has 0 radical (unpaired) electrons. The van der Waals surface area contributed by atoms with E-state index in [9.17, 15) is 0 Å². The van der Waals surface area contributed by atoms with E-state index in [1.54, 1.807) is 6.07 Å². The van der Waals surface area contributed by atoms with Gasteiger partial charge in [-0.15, -0.1) is 0 Å². The molecule has 0 fully saturated rings. The molecule has 0 amide bonds. The summed E-state index contributed by atoms with van der Waals surface area (Å²) < 4.78 is 5.57.